The molecule has 2 atom stereocenters. The van der Waals surface area contributed by atoms with Gasteiger partial charge in [0.2, 0.25) is 11.4 Å². The number of nitrogens with zero attached hydrogens (tertiary/aromatic N) is 7. The van der Waals surface area contributed by atoms with Crippen LogP contribution in [0.3, 0.4) is 0 Å². The van der Waals surface area contributed by atoms with Crippen LogP contribution in [0.4, 0.5) is 5.13 Å². The molecule has 0 unspecified atom stereocenters. The predicted molar refractivity (Wildman–Crippen MR) is 195 cm³/mol. The van der Waals surface area contributed by atoms with Gasteiger partial charge in [-0.15, -0.1) is 40.0 Å². The molecule has 0 bridgehead atoms. The number of benzene rings is 1. The Kier molecular flexibility index (Phi) is 12.7. The minimum absolute atomic E-state index is 0. The Hall–Kier alpha value is -5.47. The number of amides is 5. The number of nitrogen functional groups attached to an aromatic ring is 1. The van der Waals surface area contributed by atoms with Crippen molar-refractivity contribution in [3.05, 3.63) is 63.7 Å². The van der Waals surface area contributed by atoms with Gasteiger partial charge in [0.05, 0.1) is 11.7 Å². The minimum atomic E-state index is -1.83. The van der Waals surface area contributed by atoms with E-state index in [1.165, 1.54) is 41.6 Å². The van der Waals surface area contributed by atoms with Gasteiger partial charge >= 0.3 is 29.6 Å². The molecule has 5 amide bonds. The Morgan fingerprint density at radius 1 is 1.12 bits per heavy atom. The number of aliphatic carboxylic acids is 1. The summed E-state index contributed by atoms with van der Waals surface area (Å²) in [6, 6.07) is 3.71. The van der Waals surface area contributed by atoms with Gasteiger partial charge in [-0.1, -0.05) is 5.16 Å². The number of oxime groups is 1. The van der Waals surface area contributed by atoms with E-state index in [-0.39, 0.29) is 74.8 Å². The zero-order valence-corrected chi connectivity index (χ0v) is 34.6. The number of nitrogens with two attached hydrogens (primary N) is 2. The maximum absolute atomic E-state index is 13.6. The van der Waals surface area contributed by atoms with Crippen molar-refractivity contribution in [3.63, 3.8) is 0 Å². The van der Waals surface area contributed by atoms with E-state index < -0.39 is 69.7 Å². The van der Waals surface area contributed by atoms with Crippen LogP contribution in [-0.4, -0.2) is 109 Å². The monoisotopic (exact) mass is 848 g/mol. The number of carboxylic acid groups (broad SMARTS) is 1. The fourth-order valence-corrected chi connectivity index (χ4v) is 8.10. The first-order chi connectivity index (χ1) is 26.4. The first-order valence-electron chi connectivity index (χ1n) is 15.9. The molecule has 6 rings (SSSR count). The van der Waals surface area contributed by atoms with Crippen LogP contribution >= 0.6 is 34.9 Å². The molecular weight excluding hydrogens is 820 g/mol. The summed E-state index contributed by atoms with van der Waals surface area (Å²) in [5.41, 5.74) is 13.5. The fourth-order valence-electron chi connectivity index (χ4n) is 5.12. The molecule has 57 heavy (non-hydrogen) atoms. The third kappa shape index (κ3) is 8.92. The van der Waals surface area contributed by atoms with Crippen LogP contribution in [0.2, 0.25) is 0 Å². The summed E-state index contributed by atoms with van der Waals surface area (Å²) in [6.45, 7) is 4.25. The van der Waals surface area contributed by atoms with E-state index in [9.17, 15) is 44.1 Å². The number of β-lactam (4-membered cyclic amide) rings is 1. The number of aromatic nitrogens is 5. The third-order valence-electron chi connectivity index (χ3n) is 8.03. The minimum Gasteiger partial charge on any atom is -0.543 e. The van der Waals surface area contributed by atoms with Gasteiger partial charge in [-0.2, -0.15) is 4.98 Å². The topological polar surface area (TPSA) is 335 Å². The number of nitrogens with one attached hydrogen (secondary N) is 3. The number of carboxylic acids is 1. The van der Waals surface area contributed by atoms with Gasteiger partial charge in [0.15, 0.2) is 22.3 Å². The standard InChI is InChI=1S/C31H30N12O10S3.Na/c1-11-6-17(35-30-37-22(21(32)46)40-43(11)30)54-8-13-9-55-26-19(25(49)42(26)20(13)27(50)51)36-24(48)18(14-10-56-29(33)34-14)41-53-31(2,3)28(52)39-38-23(47)12-4-5-15(44)16(45)7-12;/h4-7,10,19,26,44-45H,8-9H2,1-3H3,(H2,32,46)(H2,33,34)(H,36,48)(H,38,47)(H,39,52)(H,50,51);/q;+1/p-1/b41-18-;/t19-,26-;/m1./s1. The number of phenols is 2. The van der Waals surface area contributed by atoms with Gasteiger partial charge in [-0.05, 0) is 50.6 Å². The number of phenolic OH excluding ortho intramolecular Hbond substituents is 2. The fraction of sp³-hybridized carbons (Fsp3) is 0.258. The van der Waals surface area contributed by atoms with Gasteiger partial charge < -0.3 is 41.7 Å². The molecule has 26 heteroatoms. The van der Waals surface area contributed by atoms with Crippen molar-refractivity contribution in [2.24, 2.45) is 10.9 Å². The zero-order chi connectivity index (χ0) is 40.6. The average molecular weight is 849 g/mol. The number of hydrogen-bond donors (Lipinski definition) is 7. The quantitative estimate of drug-likeness (QED) is 0.0134. The maximum atomic E-state index is 13.6. The van der Waals surface area contributed by atoms with Crippen LogP contribution in [0, 0.1) is 6.92 Å². The molecular formula is C31H29N12NaO10S3. The van der Waals surface area contributed by atoms with Crippen LogP contribution in [-0.2, 0) is 24.0 Å². The van der Waals surface area contributed by atoms with Crippen molar-refractivity contribution >= 4 is 87.0 Å². The zero-order valence-electron chi connectivity index (χ0n) is 30.1. The maximum Gasteiger partial charge on any atom is 1.00 e. The number of rotatable bonds is 12. The van der Waals surface area contributed by atoms with Crippen LogP contribution in [0.5, 0.6) is 11.5 Å². The van der Waals surface area contributed by atoms with Gasteiger partial charge in [-0.3, -0.25) is 39.7 Å². The van der Waals surface area contributed by atoms with Gasteiger partial charge in [0, 0.05) is 28.1 Å². The normalized spacial score (nSPS) is 16.6. The molecule has 22 nitrogen and oxygen atoms in total. The molecule has 2 aliphatic rings. The third-order valence-corrected chi connectivity index (χ3v) is 11.0. The molecule has 4 aromatic rings. The summed E-state index contributed by atoms with van der Waals surface area (Å²) in [5, 5.41) is 42.9. The van der Waals surface area contributed by atoms with Gasteiger partial charge in [0.25, 0.3) is 35.3 Å². The van der Waals surface area contributed by atoms with E-state index >= 15 is 0 Å². The molecule has 0 saturated carbocycles. The number of primary amides is 1. The van der Waals surface area contributed by atoms with Crippen molar-refractivity contribution in [3.8, 4) is 11.5 Å². The number of carbonyl (C=O) groups is 6. The molecule has 0 spiro atoms. The molecule has 1 saturated heterocycles. The molecule has 9 N–H and O–H groups in total. The summed E-state index contributed by atoms with van der Waals surface area (Å²) in [4.78, 5) is 95.2. The molecule has 2 aliphatic heterocycles. The number of thioether (sulfide) groups is 2. The molecule has 1 aromatic carbocycles. The predicted octanol–water partition coefficient (Wildman–Crippen LogP) is -4.86. The van der Waals surface area contributed by atoms with Crippen LogP contribution in [0.1, 0.15) is 46.2 Å². The summed E-state index contributed by atoms with van der Waals surface area (Å²) in [5.74, 6) is -6.77. The number of fused-ring (bicyclic) bond motifs is 2. The van der Waals surface area contributed by atoms with Crippen molar-refractivity contribution < 1.29 is 78.5 Å². The SMILES string of the molecule is Cc1cc(SCC2=C(C(=O)[O-])N3C(=O)[C@@H](NC(=O)/C(=N\OC(C)(C)C(=O)NNC(=O)c4ccc(O)c(O)c4)c4csc(N)n4)[C@H]3SC2)nc2nc(C(N)=O)nn12.[Na+]. The summed E-state index contributed by atoms with van der Waals surface area (Å²) in [7, 11) is 0. The second kappa shape index (κ2) is 16.9. The van der Waals surface area contributed by atoms with Crippen molar-refractivity contribution in [1.29, 1.82) is 0 Å². The van der Waals surface area contributed by atoms with Gasteiger partial charge in [-0.25, -0.2) is 14.5 Å². The van der Waals surface area contributed by atoms with Crippen LogP contribution in [0.15, 0.2) is 51.1 Å². The molecule has 292 valence electrons. The molecule has 1 fully saturated rings. The van der Waals surface area contributed by atoms with Crippen LogP contribution in [0.25, 0.3) is 5.78 Å². The van der Waals surface area contributed by atoms with E-state index in [4.69, 9.17) is 16.3 Å². The van der Waals surface area contributed by atoms with E-state index in [2.05, 4.69) is 41.4 Å². The van der Waals surface area contributed by atoms with E-state index in [1.54, 1.807) is 13.0 Å². The Bertz CT molecular complexity index is 2400. The number of anilines is 1. The molecule has 3 aromatic heterocycles. The largest absolute Gasteiger partial charge is 1.00 e. The Morgan fingerprint density at radius 2 is 1.86 bits per heavy atom. The average Bonchev–Trinajstić information content (AvgIpc) is 3.79. The number of thiazole rings is 1. The van der Waals surface area contributed by atoms with E-state index in [0.29, 0.717) is 16.3 Å². The smallest absolute Gasteiger partial charge is 0.543 e. The van der Waals surface area contributed by atoms with Gasteiger partial charge in [0.1, 0.15) is 22.1 Å². The second-order valence-corrected chi connectivity index (χ2v) is 15.4. The second-order valence-electron chi connectivity index (χ2n) is 12.4. The molecule has 0 aliphatic carbocycles. The molecule has 0 radical (unpaired) electrons. The van der Waals surface area contributed by atoms with Crippen molar-refractivity contribution in [2.75, 3.05) is 17.2 Å². The van der Waals surface area contributed by atoms with Crippen LogP contribution < -0.4 is 62.3 Å². The summed E-state index contributed by atoms with van der Waals surface area (Å²) in [6.07, 6.45) is 0. The number of hydrogen-bond acceptors (Lipinski definition) is 19. The Morgan fingerprint density at radius 3 is 2.51 bits per heavy atom. The molecule has 5 heterocycles. The van der Waals surface area contributed by atoms with Crippen molar-refractivity contribution in [1.82, 2.24) is 45.6 Å². The first-order valence-corrected chi connectivity index (χ1v) is 18.8. The first kappa shape index (κ1) is 42.7. The number of aryl methyl sites for hydroxylation is 1. The van der Waals surface area contributed by atoms with E-state index in [0.717, 1.165) is 40.1 Å². The summed E-state index contributed by atoms with van der Waals surface area (Å²) < 4.78 is 1.34. The van der Waals surface area contributed by atoms with E-state index in [1.807, 2.05) is 0 Å². The summed E-state index contributed by atoms with van der Waals surface area (Å²) >= 11 is 3.32. The number of hydrazine groups is 1. The van der Waals surface area contributed by atoms with Crippen molar-refractivity contribution in [2.45, 2.75) is 42.8 Å². The Labute approximate surface area is 355 Å². The number of aromatic hydroxyl groups is 2. The Balaban J connectivity index is 0.00000620. The number of carbonyl (C=O) groups excluding carboxylic acids is 6.